The van der Waals surface area contributed by atoms with Crippen molar-refractivity contribution >= 4 is 22.2 Å². The summed E-state index contributed by atoms with van der Waals surface area (Å²) < 4.78 is 30.9. The van der Waals surface area contributed by atoms with Crippen molar-refractivity contribution in [2.24, 2.45) is 5.10 Å². The van der Waals surface area contributed by atoms with Gasteiger partial charge in [-0.1, -0.05) is 12.1 Å². The van der Waals surface area contributed by atoms with E-state index in [1.165, 1.54) is 48.9 Å². The molecule has 0 aliphatic heterocycles. The van der Waals surface area contributed by atoms with Crippen molar-refractivity contribution in [1.82, 2.24) is 10.4 Å². The number of benzene rings is 1. The van der Waals surface area contributed by atoms with Gasteiger partial charge < -0.3 is 0 Å². The normalized spacial score (nSPS) is 11.5. The topological polar surface area (TPSA) is 109 Å². The largest absolute Gasteiger partial charge is 0.294 e. The van der Waals surface area contributed by atoms with Gasteiger partial charge in [0.1, 0.15) is 0 Å². The molecule has 0 aliphatic rings. The lowest BCUT2D eigenvalue weighted by atomic mass is 10.2. The fourth-order valence-corrected chi connectivity index (χ4v) is 2.02. The molecule has 2 N–H and O–H groups in total. The summed E-state index contributed by atoms with van der Waals surface area (Å²) in [7, 11) is -4.27. The SMILES string of the molecule is O=C(N/N=C\c1cccc(S(=O)(=O)O)c1)c1ccncc1. The quantitative estimate of drug-likeness (QED) is 0.499. The van der Waals surface area contributed by atoms with Crippen LogP contribution in [0.5, 0.6) is 0 Å². The van der Waals surface area contributed by atoms with Gasteiger partial charge in [-0.05, 0) is 29.8 Å². The van der Waals surface area contributed by atoms with Crippen LogP contribution in [0.1, 0.15) is 15.9 Å². The molecule has 0 bridgehead atoms. The zero-order chi connectivity index (χ0) is 15.3. The predicted molar refractivity (Wildman–Crippen MR) is 75.6 cm³/mol. The number of pyridine rings is 1. The first kappa shape index (κ1) is 14.8. The highest BCUT2D eigenvalue weighted by atomic mass is 32.2. The minimum Gasteiger partial charge on any atom is -0.282 e. The Balaban J connectivity index is 2.07. The Labute approximate surface area is 121 Å². The molecule has 1 heterocycles. The van der Waals surface area contributed by atoms with Gasteiger partial charge in [-0.15, -0.1) is 0 Å². The molecule has 7 nitrogen and oxygen atoms in total. The third-order valence-electron chi connectivity index (χ3n) is 2.48. The Hall–Kier alpha value is -2.58. The molecule has 2 rings (SSSR count). The van der Waals surface area contributed by atoms with Crippen molar-refractivity contribution in [3.05, 3.63) is 59.9 Å². The van der Waals surface area contributed by atoms with Crippen molar-refractivity contribution in [2.75, 3.05) is 0 Å². The minimum atomic E-state index is -4.27. The van der Waals surface area contributed by atoms with Gasteiger partial charge in [0.15, 0.2) is 0 Å². The zero-order valence-corrected chi connectivity index (χ0v) is 11.5. The smallest absolute Gasteiger partial charge is 0.282 e. The lowest BCUT2D eigenvalue weighted by molar-refractivity contribution is 0.0955. The van der Waals surface area contributed by atoms with Crippen LogP contribution in [0, 0.1) is 0 Å². The summed E-state index contributed by atoms with van der Waals surface area (Å²) in [5.41, 5.74) is 3.11. The average Bonchev–Trinajstić information content (AvgIpc) is 2.47. The fraction of sp³-hybridized carbons (Fsp3) is 0. The first-order valence-corrected chi connectivity index (χ1v) is 7.22. The molecule has 0 radical (unpaired) electrons. The summed E-state index contributed by atoms with van der Waals surface area (Å²) in [6.07, 6.45) is 4.23. The van der Waals surface area contributed by atoms with E-state index in [-0.39, 0.29) is 4.90 Å². The second kappa shape index (κ2) is 6.25. The van der Waals surface area contributed by atoms with Gasteiger partial charge in [0, 0.05) is 18.0 Å². The van der Waals surface area contributed by atoms with Gasteiger partial charge >= 0.3 is 0 Å². The van der Waals surface area contributed by atoms with Crippen LogP contribution >= 0.6 is 0 Å². The molecule has 0 atom stereocenters. The number of carbonyl (C=O) groups is 1. The third-order valence-corrected chi connectivity index (χ3v) is 3.33. The fourth-order valence-electron chi connectivity index (χ4n) is 1.49. The Morgan fingerprint density at radius 1 is 1.24 bits per heavy atom. The van der Waals surface area contributed by atoms with Crippen LogP contribution < -0.4 is 5.43 Å². The van der Waals surface area contributed by atoms with Gasteiger partial charge in [0.2, 0.25) is 0 Å². The molecule has 108 valence electrons. The average molecular weight is 305 g/mol. The molecule has 8 heteroatoms. The van der Waals surface area contributed by atoms with Crippen LogP contribution in [0.4, 0.5) is 0 Å². The highest BCUT2D eigenvalue weighted by Crippen LogP contribution is 2.09. The van der Waals surface area contributed by atoms with Crippen LogP contribution in [-0.2, 0) is 10.1 Å². The molecule has 1 aromatic carbocycles. The number of nitrogens with one attached hydrogen (secondary N) is 1. The van der Waals surface area contributed by atoms with E-state index in [0.29, 0.717) is 11.1 Å². The van der Waals surface area contributed by atoms with Gasteiger partial charge in [-0.2, -0.15) is 13.5 Å². The third kappa shape index (κ3) is 4.20. The van der Waals surface area contributed by atoms with Crippen molar-refractivity contribution in [2.45, 2.75) is 4.90 Å². The molecule has 1 aromatic heterocycles. The summed E-state index contributed by atoms with van der Waals surface area (Å²) in [6.45, 7) is 0. The summed E-state index contributed by atoms with van der Waals surface area (Å²) in [5, 5.41) is 3.72. The van der Waals surface area contributed by atoms with Gasteiger partial charge in [-0.25, -0.2) is 5.43 Å². The van der Waals surface area contributed by atoms with Gasteiger partial charge in [-0.3, -0.25) is 14.3 Å². The molecule has 0 spiro atoms. The summed E-state index contributed by atoms with van der Waals surface area (Å²) in [4.78, 5) is 15.2. The summed E-state index contributed by atoms with van der Waals surface area (Å²) in [5.74, 6) is -0.417. The lowest BCUT2D eigenvalue weighted by Gasteiger charge is -2.00. The van der Waals surface area contributed by atoms with Gasteiger partial charge in [0.25, 0.3) is 16.0 Å². The number of carbonyl (C=O) groups excluding carboxylic acids is 1. The van der Waals surface area contributed by atoms with Crippen LogP contribution in [0.3, 0.4) is 0 Å². The highest BCUT2D eigenvalue weighted by molar-refractivity contribution is 7.85. The Bertz CT molecular complexity index is 773. The molecule has 0 aliphatic carbocycles. The molecule has 21 heavy (non-hydrogen) atoms. The van der Waals surface area contributed by atoms with Crippen LogP contribution in [0.2, 0.25) is 0 Å². The summed E-state index contributed by atoms with van der Waals surface area (Å²) in [6, 6.07) is 8.58. The maximum Gasteiger partial charge on any atom is 0.294 e. The summed E-state index contributed by atoms with van der Waals surface area (Å²) >= 11 is 0. The molecule has 0 fully saturated rings. The van der Waals surface area contributed by atoms with E-state index in [1.807, 2.05) is 0 Å². The Morgan fingerprint density at radius 2 is 1.95 bits per heavy atom. The number of hydrogen-bond acceptors (Lipinski definition) is 5. The van der Waals surface area contributed by atoms with E-state index in [4.69, 9.17) is 4.55 Å². The Morgan fingerprint density at radius 3 is 2.62 bits per heavy atom. The van der Waals surface area contributed by atoms with Crippen LogP contribution in [0.15, 0.2) is 58.8 Å². The van der Waals surface area contributed by atoms with Gasteiger partial charge in [0.05, 0.1) is 11.1 Å². The maximum absolute atomic E-state index is 11.7. The highest BCUT2D eigenvalue weighted by Gasteiger charge is 2.08. The lowest BCUT2D eigenvalue weighted by Crippen LogP contribution is -2.17. The van der Waals surface area contributed by atoms with E-state index >= 15 is 0 Å². The van der Waals surface area contributed by atoms with E-state index < -0.39 is 16.0 Å². The second-order valence-corrected chi connectivity index (χ2v) is 5.40. The Kier molecular flexibility index (Phi) is 4.41. The van der Waals surface area contributed by atoms with Crippen LogP contribution in [0.25, 0.3) is 0 Å². The first-order valence-electron chi connectivity index (χ1n) is 5.78. The molecule has 0 saturated carbocycles. The second-order valence-electron chi connectivity index (χ2n) is 3.98. The van der Waals surface area contributed by atoms with Crippen LogP contribution in [-0.4, -0.2) is 30.1 Å². The van der Waals surface area contributed by atoms with E-state index in [1.54, 1.807) is 6.07 Å². The monoisotopic (exact) mass is 305 g/mol. The molecular formula is C13H11N3O4S. The number of amides is 1. The van der Waals surface area contributed by atoms with Crippen molar-refractivity contribution in [3.63, 3.8) is 0 Å². The van der Waals surface area contributed by atoms with Crippen molar-refractivity contribution in [3.8, 4) is 0 Å². The standard InChI is InChI=1S/C13H11N3O4S/c17-13(11-4-6-14-7-5-11)16-15-9-10-2-1-3-12(8-10)21(18,19)20/h1-9H,(H,16,17)(H,18,19,20)/b15-9-. The molecule has 0 saturated heterocycles. The van der Waals surface area contributed by atoms with E-state index in [0.717, 1.165) is 0 Å². The number of hydrogen-bond donors (Lipinski definition) is 2. The first-order chi connectivity index (χ1) is 9.97. The van der Waals surface area contributed by atoms with Crippen molar-refractivity contribution in [1.29, 1.82) is 0 Å². The maximum atomic E-state index is 11.7. The van der Waals surface area contributed by atoms with Crippen molar-refractivity contribution < 1.29 is 17.8 Å². The molecule has 0 unspecified atom stereocenters. The predicted octanol–water partition coefficient (Wildman–Crippen LogP) is 1.09. The number of rotatable bonds is 4. The molecular weight excluding hydrogens is 294 g/mol. The molecule has 2 aromatic rings. The van der Waals surface area contributed by atoms with E-state index in [9.17, 15) is 13.2 Å². The number of aromatic nitrogens is 1. The molecule has 1 amide bonds. The zero-order valence-electron chi connectivity index (χ0n) is 10.7. The number of nitrogens with zero attached hydrogens (tertiary/aromatic N) is 2. The van der Waals surface area contributed by atoms with E-state index in [2.05, 4.69) is 15.5 Å². The number of hydrazone groups is 1. The minimum absolute atomic E-state index is 0.244.